The molecule has 3 nitrogen and oxygen atoms in total. The van der Waals surface area contributed by atoms with Crippen LogP contribution in [0.15, 0.2) is 218 Å². The Morgan fingerprint density at radius 3 is 1.86 bits per heavy atom. The highest BCUT2D eigenvalue weighted by atomic mass is 15.1. The average Bonchev–Trinajstić information content (AvgIpc) is 3.58. The molecular weight excluding hydrogens is 763 g/mol. The fourth-order valence-corrected chi connectivity index (χ4v) is 9.69. The molecule has 300 valence electrons. The molecule has 11 rings (SSSR count). The fraction of sp³-hybridized carbons (Fsp3) is 0.0500. The molecule has 2 aliphatic rings. The molecule has 0 saturated carbocycles. The van der Waals surface area contributed by atoms with Crippen molar-refractivity contribution in [3.8, 4) is 22.3 Å². The number of hydrogen-bond donors (Lipinski definition) is 2. The Hall–Kier alpha value is -8.01. The van der Waals surface area contributed by atoms with Crippen LogP contribution in [-0.2, 0) is 5.41 Å². The molecule has 0 radical (unpaired) electrons. The van der Waals surface area contributed by atoms with Gasteiger partial charge in [-0.25, -0.2) is 0 Å². The summed E-state index contributed by atoms with van der Waals surface area (Å²) in [6, 6.07) is 77.7. The molecule has 0 unspecified atom stereocenters. The topological polar surface area (TPSA) is 39.1 Å². The van der Waals surface area contributed by atoms with Crippen molar-refractivity contribution in [1.82, 2.24) is 5.32 Å². The van der Waals surface area contributed by atoms with Crippen molar-refractivity contribution < 1.29 is 0 Å². The van der Waals surface area contributed by atoms with Crippen LogP contribution in [0.3, 0.4) is 0 Å². The Kier molecular flexibility index (Phi) is 9.32. The van der Waals surface area contributed by atoms with E-state index in [1.807, 2.05) is 36.4 Å². The number of fused-ring (bicyclic) bond motifs is 5. The molecule has 0 bridgehead atoms. The first-order valence-corrected chi connectivity index (χ1v) is 21.7. The zero-order valence-electron chi connectivity index (χ0n) is 35.3. The second kappa shape index (κ2) is 15.5. The maximum Gasteiger partial charge on any atom is 0.0711 e. The van der Waals surface area contributed by atoms with Crippen LogP contribution >= 0.6 is 0 Å². The third-order valence-electron chi connectivity index (χ3n) is 12.9. The van der Waals surface area contributed by atoms with Crippen LogP contribution in [0.2, 0.25) is 0 Å². The molecule has 3 heteroatoms. The number of anilines is 3. The van der Waals surface area contributed by atoms with E-state index in [1.165, 1.54) is 44.2 Å². The van der Waals surface area contributed by atoms with Gasteiger partial charge in [0.2, 0.25) is 0 Å². The Balaban J connectivity index is 1.13. The summed E-state index contributed by atoms with van der Waals surface area (Å²) in [6.45, 7) is 4.69. The van der Waals surface area contributed by atoms with Crippen LogP contribution in [-0.4, -0.2) is 5.71 Å². The third kappa shape index (κ3) is 6.66. The Labute approximate surface area is 369 Å². The van der Waals surface area contributed by atoms with Gasteiger partial charge in [-0.1, -0.05) is 196 Å². The highest BCUT2D eigenvalue weighted by Gasteiger charge is 2.38. The minimum atomic E-state index is -0.154. The van der Waals surface area contributed by atoms with Crippen LogP contribution in [0.25, 0.3) is 56.1 Å². The molecule has 0 atom stereocenters. The molecule has 1 heterocycles. The smallest absolute Gasteiger partial charge is 0.0711 e. The fourth-order valence-electron chi connectivity index (χ4n) is 9.69. The molecule has 1 aliphatic heterocycles. The van der Waals surface area contributed by atoms with Gasteiger partial charge in [0.1, 0.15) is 0 Å². The molecule has 9 aromatic carbocycles. The van der Waals surface area contributed by atoms with Crippen molar-refractivity contribution in [2.75, 3.05) is 4.90 Å². The first kappa shape index (κ1) is 38.0. The highest BCUT2D eigenvalue weighted by Crippen LogP contribution is 2.54. The van der Waals surface area contributed by atoms with E-state index in [1.54, 1.807) is 0 Å². The van der Waals surface area contributed by atoms with E-state index in [0.29, 0.717) is 5.71 Å². The summed E-state index contributed by atoms with van der Waals surface area (Å²) in [4.78, 5) is 2.44. The van der Waals surface area contributed by atoms with E-state index in [0.717, 1.165) is 61.8 Å². The van der Waals surface area contributed by atoms with Crippen LogP contribution in [0.5, 0.6) is 0 Å². The second-order valence-electron chi connectivity index (χ2n) is 17.0. The molecule has 0 saturated heterocycles. The summed E-state index contributed by atoms with van der Waals surface area (Å²) >= 11 is 0. The lowest BCUT2D eigenvalue weighted by Crippen LogP contribution is -2.21. The molecule has 0 spiro atoms. The molecule has 0 aromatic heterocycles. The number of nitrogens with zero attached hydrogens (tertiary/aromatic N) is 1. The third-order valence-corrected chi connectivity index (χ3v) is 12.9. The van der Waals surface area contributed by atoms with E-state index in [-0.39, 0.29) is 5.41 Å². The van der Waals surface area contributed by atoms with E-state index < -0.39 is 0 Å². The molecule has 0 fully saturated rings. The number of nitrogens with one attached hydrogen (secondary N) is 2. The van der Waals surface area contributed by atoms with Gasteiger partial charge in [-0.2, -0.15) is 0 Å². The first-order chi connectivity index (χ1) is 30.9. The van der Waals surface area contributed by atoms with Gasteiger partial charge in [-0.15, -0.1) is 0 Å². The van der Waals surface area contributed by atoms with Crippen molar-refractivity contribution in [2.24, 2.45) is 0 Å². The normalized spacial score (nSPS) is 14.2. The van der Waals surface area contributed by atoms with E-state index >= 15 is 0 Å². The zero-order valence-corrected chi connectivity index (χ0v) is 35.3. The van der Waals surface area contributed by atoms with Gasteiger partial charge in [0.15, 0.2) is 0 Å². The minimum Gasteiger partial charge on any atom is -0.354 e. The molecular formula is C60H45N3. The maximum atomic E-state index is 9.76. The lowest BCUT2D eigenvalue weighted by Gasteiger charge is -2.31. The summed E-state index contributed by atoms with van der Waals surface area (Å²) < 4.78 is 0. The summed E-state index contributed by atoms with van der Waals surface area (Å²) in [5.41, 5.74) is 18.9. The Morgan fingerprint density at radius 2 is 1.10 bits per heavy atom. The summed E-state index contributed by atoms with van der Waals surface area (Å²) in [5, 5.41) is 16.1. The number of rotatable bonds is 8. The number of benzene rings is 9. The summed E-state index contributed by atoms with van der Waals surface area (Å²) in [7, 11) is 0. The van der Waals surface area contributed by atoms with Gasteiger partial charge in [0, 0.05) is 44.8 Å². The van der Waals surface area contributed by atoms with Crippen LogP contribution in [0.1, 0.15) is 52.8 Å². The van der Waals surface area contributed by atoms with Gasteiger partial charge < -0.3 is 10.2 Å². The van der Waals surface area contributed by atoms with Gasteiger partial charge in [-0.3, -0.25) is 5.41 Å². The molecule has 9 aromatic rings. The molecule has 0 amide bonds. The van der Waals surface area contributed by atoms with Gasteiger partial charge in [0.05, 0.1) is 17.1 Å². The predicted octanol–water partition coefficient (Wildman–Crippen LogP) is 15.3. The number of hydrogen-bond acceptors (Lipinski definition) is 3. The lowest BCUT2D eigenvalue weighted by molar-refractivity contribution is 0.660. The Morgan fingerprint density at radius 1 is 0.476 bits per heavy atom. The van der Waals surface area contributed by atoms with Crippen LogP contribution in [0, 0.1) is 5.41 Å². The lowest BCUT2D eigenvalue weighted by atomic mass is 9.82. The predicted molar refractivity (Wildman–Crippen MR) is 266 cm³/mol. The standard InChI is InChI=1S/C60H45N3/c1-60(2)52-26-15-14-25-51(52)57-53(60)27-16-28-55(57)63(48-33-31-41(32-34-48)46-30-29-40-17-12-13-24-45(40)37-46)49-35-36-50-47(38-49)39-54(42-18-6-3-7-19-42)62-59(50)56(43-20-8-4-9-21-43)58(61)44-22-10-5-11-23-44/h3-39,61-62H,1-2H3/b59-56-,61-58?. The van der Waals surface area contributed by atoms with Crippen molar-refractivity contribution in [3.63, 3.8) is 0 Å². The first-order valence-electron chi connectivity index (χ1n) is 21.7. The van der Waals surface area contributed by atoms with Gasteiger partial charge in [-0.05, 0) is 97.8 Å². The highest BCUT2D eigenvalue weighted by molar-refractivity contribution is 6.36. The summed E-state index contributed by atoms with van der Waals surface area (Å²) in [6.07, 6.45) is 2.27. The SMILES string of the molecule is CC1(C)c2ccccc2-c2c(N(c3ccc(-c4ccc5ccccc5c4)cc3)c3ccc4c(c3)C=C(c3ccccc3)N/C4=C(\C(=N)c3ccccc3)c3ccccc3)cccc21. The molecule has 2 N–H and O–H groups in total. The number of allylic oxidation sites excluding steroid dienone is 1. The van der Waals surface area contributed by atoms with Crippen molar-refractivity contribution >= 4 is 56.6 Å². The maximum absolute atomic E-state index is 9.76. The van der Waals surface area contributed by atoms with Crippen LogP contribution < -0.4 is 10.2 Å². The van der Waals surface area contributed by atoms with E-state index in [9.17, 15) is 5.41 Å². The van der Waals surface area contributed by atoms with Crippen molar-refractivity contribution in [3.05, 3.63) is 257 Å². The monoisotopic (exact) mass is 807 g/mol. The Bertz CT molecular complexity index is 3270. The van der Waals surface area contributed by atoms with Gasteiger partial charge in [0.25, 0.3) is 0 Å². The zero-order chi connectivity index (χ0) is 42.5. The minimum absolute atomic E-state index is 0.154. The molecule has 63 heavy (non-hydrogen) atoms. The average molecular weight is 808 g/mol. The van der Waals surface area contributed by atoms with Gasteiger partial charge >= 0.3 is 0 Å². The second-order valence-corrected chi connectivity index (χ2v) is 17.0. The van der Waals surface area contributed by atoms with Crippen LogP contribution in [0.4, 0.5) is 17.1 Å². The molecule has 1 aliphatic carbocycles. The van der Waals surface area contributed by atoms with E-state index in [4.69, 9.17) is 0 Å². The quantitative estimate of drug-likeness (QED) is 0.150. The summed E-state index contributed by atoms with van der Waals surface area (Å²) in [5.74, 6) is 0. The van der Waals surface area contributed by atoms with E-state index in [2.05, 4.69) is 212 Å². The van der Waals surface area contributed by atoms with Crippen molar-refractivity contribution in [1.29, 1.82) is 5.41 Å². The van der Waals surface area contributed by atoms with Crippen molar-refractivity contribution in [2.45, 2.75) is 19.3 Å². The largest absolute Gasteiger partial charge is 0.354 e.